The molecule has 0 heterocycles. The Bertz CT molecular complexity index is 455. The van der Waals surface area contributed by atoms with Crippen LogP contribution in [0.1, 0.15) is 11.1 Å². The molecule has 0 spiro atoms. The minimum absolute atomic E-state index is 0.446. The Morgan fingerprint density at radius 2 is 2.18 bits per heavy atom. The lowest BCUT2D eigenvalue weighted by Crippen LogP contribution is -2.08. The summed E-state index contributed by atoms with van der Waals surface area (Å²) in [6.45, 7) is 1.91. The zero-order valence-corrected chi connectivity index (χ0v) is 10.0. The molecule has 0 radical (unpaired) electrons. The van der Waals surface area contributed by atoms with E-state index < -0.39 is 5.97 Å². The fraction of sp³-hybridized carbons (Fsp3) is 0.250. The van der Waals surface area contributed by atoms with Gasteiger partial charge in [0.2, 0.25) is 0 Å². The van der Waals surface area contributed by atoms with Crippen LogP contribution in [0.3, 0.4) is 0 Å². The van der Waals surface area contributed by atoms with Gasteiger partial charge in [-0.25, -0.2) is 9.80 Å². The van der Waals surface area contributed by atoms with Crippen molar-refractivity contribution in [1.82, 2.24) is 0 Å². The van der Waals surface area contributed by atoms with Crippen LogP contribution in [0.2, 0.25) is 0 Å². The van der Waals surface area contributed by atoms with E-state index >= 15 is 0 Å². The van der Waals surface area contributed by atoms with Crippen LogP contribution >= 0.6 is 0 Å². The van der Waals surface area contributed by atoms with Crippen molar-refractivity contribution in [2.75, 3.05) is 19.2 Å². The first-order valence-corrected chi connectivity index (χ1v) is 5.02. The van der Waals surface area contributed by atoms with Crippen molar-refractivity contribution in [1.29, 1.82) is 0 Å². The van der Waals surface area contributed by atoms with Crippen LogP contribution in [0.4, 0.5) is 5.69 Å². The van der Waals surface area contributed by atoms with E-state index in [-0.39, 0.29) is 0 Å². The number of carbonyl (C=O) groups is 1. The summed E-state index contributed by atoms with van der Waals surface area (Å²) >= 11 is 0. The number of methoxy groups -OCH3 is 1. The summed E-state index contributed by atoms with van der Waals surface area (Å²) in [7, 11) is 2.86. The number of esters is 1. The molecule has 0 saturated heterocycles. The van der Waals surface area contributed by atoms with Gasteiger partial charge in [-0.3, -0.25) is 0 Å². The minimum Gasteiger partial charge on any atom is -0.466 e. The Labute approximate surface area is 99.6 Å². The average Bonchev–Trinajstić information content (AvgIpc) is 2.35. The molecule has 0 N–H and O–H groups in total. The molecule has 0 aliphatic carbocycles. The Hall–Kier alpha value is -2.17. The molecular formula is C12H14N2O3. The standard InChI is InChI=1S/C12H14N2O3/c1-9-4-5-10(6-7-12(15)17-3)11(8-9)14(2)13-16/h4-8H,1-3H3/b7-6+. The fourth-order valence-corrected chi connectivity index (χ4v) is 1.34. The molecule has 0 fully saturated rings. The van der Waals surface area contributed by atoms with Crippen molar-refractivity contribution in [2.24, 2.45) is 5.29 Å². The highest BCUT2D eigenvalue weighted by atomic mass is 16.5. The first-order chi connectivity index (χ1) is 8.08. The minimum atomic E-state index is -0.446. The quantitative estimate of drug-likeness (QED) is 0.347. The second kappa shape index (κ2) is 5.79. The molecule has 90 valence electrons. The first kappa shape index (κ1) is 12.9. The number of hydrogen-bond donors (Lipinski definition) is 0. The van der Waals surface area contributed by atoms with Crippen LogP contribution in [0.15, 0.2) is 29.6 Å². The zero-order valence-electron chi connectivity index (χ0n) is 10.0. The molecule has 5 nitrogen and oxygen atoms in total. The number of rotatable bonds is 4. The van der Waals surface area contributed by atoms with Gasteiger partial charge in [-0.15, -0.1) is 4.91 Å². The molecule has 0 atom stereocenters. The third-order valence-electron chi connectivity index (χ3n) is 2.26. The van der Waals surface area contributed by atoms with Crippen LogP contribution < -0.4 is 5.01 Å². The highest BCUT2D eigenvalue weighted by Gasteiger charge is 2.06. The lowest BCUT2D eigenvalue weighted by Gasteiger charge is -2.12. The number of nitroso groups, excluding NO2 is 1. The first-order valence-electron chi connectivity index (χ1n) is 5.02. The van der Waals surface area contributed by atoms with E-state index in [1.165, 1.54) is 18.2 Å². The molecule has 0 saturated carbocycles. The number of carbonyl (C=O) groups excluding carboxylic acids is 1. The molecule has 5 heteroatoms. The maximum absolute atomic E-state index is 11.0. The van der Waals surface area contributed by atoms with E-state index in [4.69, 9.17) is 0 Å². The molecule has 0 aliphatic heterocycles. The van der Waals surface area contributed by atoms with Crippen molar-refractivity contribution in [2.45, 2.75) is 6.92 Å². The monoisotopic (exact) mass is 234 g/mol. The van der Waals surface area contributed by atoms with Gasteiger partial charge in [0, 0.05) is 18.7 Å². The molecule has 0 bridgehead atoms. The molecule has 17 heavy (non-hydrogen) atoms. The van der Waals surface area contributed by atoms with Crippen LogP contribution in [-0.4, -0.2) is 20.1 Å². The number of aryl methyl sites for hydroxylation is 1. The van der Waals surface area contributed by atoms with Gasteiger partial charge in [0.05, 0.1) is 18.1 Å². The van der Waals surface area contributed by atoms with Crippen LogP contribution in [0.5, 0.6) is 0 Å². The molecule has 0 aliphatic rings. The van der Waals surface area contributed by atoms with Crippen molar-refractivity contribution < 1.29 is 9.53 Å². The molecule has 0 amide bonds. The Morgan fingerprint density at radius 3 is 2.76 bits per heavy atom. The Balaban J connectivity index is 3.10. The third kappa shape index (κ3) is 3.41. The summed E-state index contributed by atoms with van der Waals surface area (Å²) in [5.74, 6) is -0.446. The largest absolute Gasteiger partial charge is 0.466 e. The van der Waals surface area contributed by atoms with Gasteiger partial charge in [0.1, 0.15) is 0 Å². The number of benzene rings is 1. The van der Waals surface area contributed by atoms with Gasteiger partial charge in [-0.05, 0) is 24.6 Å². The third-order valence-corrected chi connectivity index (χ3v) is 2.26. The second-order valence-electron chi connectivity index (χ2n) is 3.52. The van der Waals surface area contributed by atoms with Crippen molar-refractivity contribution in [3.63, 3.8) is 0 Å². The molecule has 1 rings (SSSR count). The second-order valence-corrected chi connectivity index (χ2v) is 3.52. The van der Waals surface area contributed by atoms with E-state index in [1.54, 1.807) is 13.1 Å². The van der Waals surface area contributed by atoms with Crippen molar-refractivity contribution in [3.05, 3.63) is 40.3 Å². The smallest absolute Gasteiger partial charge is 0.330 e. The lowest BCUT2D eigenvalue weighted by atomic mass is 10.1. The van der Waals surface area contributed by atoms with Crippen LogP contribution in [0.25, 0.3) is 6.08 Å². The van der Waals surface area contributed by atoms with Gasteiger partial charge >= 0.3 is 5.97 Å². The molecule has 1 aromatic carbocycles. The summed E-state index contributed by atoms with van der Waals surface area (Å²) < 4.78 is 4.50. The number of anilines is 1. The highest BCUT2D eigenvalue weighted by molar-refractivity contribution is 5.88. The van der Waals surface area contributed by atoms with E-state index in [1.807, 2.05) is 25.1 Å². The van der Waals surface area contributed by atoms with Gasteiger partial charge in [0.25, 0.3) is 0 Å². The lowest BCUT2D eigenvalue weighted by molar-refractivity contribution is -0.134. The maximum atomic E-state index is 11.0. The van der Waals surface area contributed by atoms with E-state index in [9.17, 15) is 9.70 Å². The van der Waals surface area contributed by atoms with Crippen molar-refractivity contribution in [3.8, 4) is 0 Å². The van der Waals surface area contributed by atoms with Gasteiger partial charge in [-0.2, -0.15) is 0 Å². The number of hydrogen-bond acceptors (Lipinski definition) is 4. The van der Waals surface area contributed by atoms with E-state index in [2.05, 4.69) is 10.0 Å². The zero-order chi connectivity index (χ0) is 12.8. The molecular weight excluding hydrogens is 220 g/mol. The SMILES string of the molecule is COC(=O)/C=C/c1ccc(C)cc1N(C)N=O. The highest BCUT2D eigenvalue weighted by Crippen LogP contribution is 2.22. The van der Waals surface area contributed by atoms with Crippen LogP contribution in [-0.2, 0) is 9.53 Å². The summed E-state index contributed by atoms with van der Waals surface area (Å²) in [6, 6.07) is 5.52. The number of ether oxygens (including phenoxy) is 1. The van der Waals surface area contributed by atoms with Crippen LogP contribution in [0, 0.1) is 11.8 Å². The maximum Gasteiger partial charge on any atom is 0.330 e. The summed E-state index contributed by atoms with van der Waals surface area (Å²) in [6.07, 6.45) is 2.88. The van der Waals surface area contributed by atoms with E-state index in [0.29, 0.717) is 5.69 Å². The summed E-state index contributed by atoms with van der Waals surface area (Å²) in [5.41, 5.74) is 2.37. The topological polar surface area (TPSA) is 59.0 Å². The predicted molar refractivity (Wildman–Crippen MR) is 66.4 cm³/mol. The normalized spacial score (nSPS) is 10.3. The van der Waals surface area contributed by atoms with Gasteiger partial charge < -0.3 is 4.74 Å². The molecule has 1 aromatic rings. The predicted octanol–water partition coefficient (Wildman–Crippen LogP) is 2.30. The van der Waals surface area contributed by atoms with E-state index in [0.717, 1.165) is 11.1 Å². The Morgan fingerprint density at radius 1 is 1.47 bits per heavy atom. The average molecular weight is 234 g/mol. The number of nitrogens with zero attached hydrogens (tertiary/aromatic N) is 2. The summed E-state index contributed by atoms with van der Waals surface area (Å²) in [4.78, 5) is 21.5. The molecule has 0 unspecified atom stereocenters. The summed E-state index contributed by atoms with van der Waals surface area (Å²) in [5, 5.41) is 4.05. The van der Waals surface area contributed by atoms with Gasteiger partial charge in [-0.1, -0.05) is 12.1 Å². The van der Waals surface area contributed by atoms with Crippen molar-refractivity contribution >= 4 is 17.7 Å². The van der Waals surface area contributed by atoms with Gasteiger partial charge in [0.15, 0.2) is 0 Å². The molecule has 0 aromatic heterocycles. The Kier molecular flexibility index (Phi) is 4.39. The fourth-order valence-electron chi connectivity index (χ4n) is 1.34.